The summed E-state index contributed by atoms with van der Waals surface area (Å²) in [7, 11) is 0. The van der Waals surface area contributed by atoms with E-state index in [0.717, 1.165) is 5.56 Å². The maximum absolute atomic E-state index is 13.7. The molecule has 21 heavy (non-hydrogen) atoms. The Labute approximate surface area is 130 Å². The number of halogens is 3. The summed E-state index contributed by atoms with van der Waals surface area (Å²) in [6, 6.07) is 9.37. The Morgan fingerprint density at radius 2 is 1.95 bits per heavy atom. The minimum absolute atomic E-state index is 0.0658. The molecule has 0 aliphatic heterocycles. The first kappa shape index (κ1) is 14.5. The summed E-state index contributed by atoms with van der Waals surface area (Å²) in [6.45, 7) is 0.583. The molecule has 110 valence electrons. The first-order valence-corrected chi connectivity index (χ1v) is 7.55. The maximum Gasteiger partial charge on any atom is 0.165 e. The van der Waals surface area contributed by atoms with Gasteiger partial charge in [0.2, 0.25) is 0 Å². The Bertz CT molecular complexity index is 659. The molecule has 1 N–H and O–H groups in total. The summed E-state index contributed by atoms with van der Waals surface area (Å²) >= 11 is 3.26. The zero-order valence-corrected chi connectivity index (χ0v) is 12.8. The van der Waals surface area contributed by atoms with Gasteiger partial charge in [0.1, 0.15) is 11.6 Å². The van der Waals surface area contributed by atoms with Gasteiger partial charge >= 0.3 is 0 Å². The zero-order valence-electron chi connectivity index (χ0n) is 11.2. The largest absolute Gasteiger partial charge is 0.454 e. The second-order valence-corrected chi connectivity index (χ2v) is 6.04. The van der Waals surface area contributed by atoms with Crippen LogP contribution in [0, 0.1) is 11.6 Å². The van der Waals surface area contributed by atoms with Crippen LogP contribution in [0.1, 0.15) is 18.4 Å². The molecule has 2 aromatic rings. The van der Waals surface area contributed by atoms with Crippen molar-refractivity contribution in [1.29, 1.82) is 0 Å². The van der Waals surface area contributed by atoms with Crippen LogP contribution in [0.15, 0.2) is 40.9 Å². The quantitative estimate of drug-likeness (QED) is 0.835. The lowest BCUT2D eigenvalue weighted by atomic mass is 10.2. The van der Waals surface area contributed by atoms with Gasteiger partial charge in [0.25, 0.3) is 0 Å². The van der Waals surface area contributed by atoms with E-state index in [4.69, 9.17) is 4.74 Å². The van der Waals surface area contributed by atoms with E-state index in [0.29, 0.717) is 22.8 Å². The van der Waals surface area contributed by atoms with Gasteiger partial charge in [-0.1, -0.05) is 15.9 Å². The van der Waals surface area contributed by atoms with Crippen molar-refractivity contribution < 1.29 is 13.5 Å². The summed E-state index contributed by atoms with van der Waals surface area (Å²) in [6.07, 6.45) is 2.34. The maximum atomic E-state index is 13.7. The van der Waals surface area contributed by atoms with Gasteiger partial charge in [0.15, 0.2) is 11.6 Å². The van der Waals surface area contributed by atoms with E-state index in [1.54, 1.807) is 12.1 Å². The lowest BCUT2D eigenvalue weighted by Crippen LogP contribution is -2.15. The Kier molecular flexibility index (Phi) is 4.22. The number of rotatable bonds is 5. The molecule has 0 heterocycles. The highest BCUT2D eigenvalue weighted by molar-refractivity contribution is 9.10. The third-order valence-electron chi connectivity index (χ3n) is 3.22. The molecule has 1 aliphatic rings. The molecule has 1 fully saturated rings. The van der Waals surface area contributed by atoms with Crippen LogP contribution in [-0.4, -0.2) is 6.04 Å². The average molecular weight is 354 g/mol. The molecule has 1 aliphatic carbocycles. The number of hydrogen-bond donors (Lipinski definition) is 1. The van der Waals surface area contributed by atoms with Crippen molar-refractivity contribution in [3.8, 4) is 11.5 Å². The summed E-state index contributed by atoms with van der Waals surface area (Å²) in [4.78, 5) is 0. The molecule has 5 heteroatoms. The standard InChI is InChI=1S/C16H14BrF2NO/c17-11-1-4-15(19)16(7-11)21-14-6-10(5-12(18)8-14)9-20-13-2-3-13/h1,4-8,13,20H,2-3,9H2. The SMILES string of the molecule is Fc1cc(CNC2CC2)cc(Oc2cc(Br)ccc2F)c1. The summed E-state index contributed by atoms with van der Waals surface area (Å²) in [5.74, 6) is -0.522. The Morgan fingerprint density at radius 1 is 1.14 bits per heavy atom. The van der Waals surface area contributed by atoms with Crippen LogP contribution in [0.3, 0.4) is 0 Å². The molecule has 2 aromatic carbocycles. The predicted octanol–water partition coefficient (Wildman–Crippen LogP) is 4.77. The fraction of sp³-hybridized carbons (Fsp3) is 0.250. The highest BCUT2D eigenvalue weighted by Crippen LogP contribution is 2.29. The highest BCUT2D eigenvalue weighted by Gasteiger charge is 2.20. The van der Waals surface area contributed by atoms with E-state index in [2.05, 4.69) is 21.2 Å². The normalized spacial score (nSPS) is 14.2. The van der Waals surface area contributed by atoms with Crippen LogP contribution in [0.5, 0.6) is 11.5 Å². The molecular weight excluding hydrogens is 340 g/mol. The summed E-state index contributed by atoms with van der Waals surface area (Å²) in [5, 5.41) is 3.31. The molecule has 0 atom stereocenters. The van der Waals surface area contributed by atoms with Gasteiger partial charge in [-0.25, -0.2) is 8.78 Å². The fourth-order valence-corrected chi connectivity index (χ4v) is 2.35. The molecule has 1 saturated carbocycles. The fourth-order valence-electron chi connectivity index (χ4n) is 2.01. The zero-order chi connectivity index (χ0) is 14.8. The van der Waals surface area contributed by atoms with Crippen LogP contribution in [0.4, 0.5) is 8.78 Å². The van der Waals surface area contributed by atoms with E-state index >= 15 is 0 Å². The van der Waals surface area contributed by atoms with Crippen LogP contribution >= 0.6 is 15.9 Å². The first-order chi connectivity index (χ1) is 10.1. The smallest absolute Gasteiger partial charge is 0.165 e. The van der Waals surface area contributed by atoms with Gasteiger partial charge in [0.05, 0.1) is 0 Å². The molecule has 0 aromatic heterocycles. The first-order valence-electron chi connectivity index (χ1n) is 6.76. The van der Waals surface area contributed by atoms with E-state index in [1.165, 1.54) is 37.1 Å². The van der Waals surface area contributed by atoms with Crippen molar-refractivity contribution in [3.63, 3.8) is 0 Å². The Balaban J connectivity index is 1.78. The second-order valence-electron chi connectivity index (χ2n) is 5.13. The van der Waals surface area contributed by atoms with Crippen LogP contribution in [0.25, 0.3) is 0 Å². The third-order valence-corrected chi connectivity index (χ3v) is 3.72. The number of benzene rings is 2. The van der Waals surface area contributed by atoms with Crippen molar-refractivity contribution in [1.82, 2.24) is 5.32 Å². The van der Waals surface area contributed by atoms with Crippen molar-refractivity contribution in [2.45, 2.75) is 25.4 Å². The Morgan fingerprint density at radius 3 is 2.71 bits per heavy atom. The Hall–Kier alpha value is -1.46. The van der Waals surface area contributed by atoms with E-state index in [9.17, 15) is 8.78 Å². The molecule has 0 amide bonds. The summed E-state index contributed by atoms with van der Waals surface area (Å²) < 4.78 is 33.5. The lowest BCUT2D eigenvalue weighted by Gasteiger charge is -2.10. The van der Waals surface area contributed by atoms with E-state index < -0.39 is 11.6 Å². The predicted molar refractivity (Wildman–Crippen MR) is 80.4 cm³/mol. The molecule has 3 rings (SSSR count). The number of hydrogen-bond acceptors (Lipinski definition) is 2. The number of ether oxygens (including phenoxy) is 1. The lowest BCUT2D eigenvalue weighted by molar-refractivity contribution is 0.437. The molecule has 0 radical (unpaired) electrons. The van der Waals surface area contributed by atoms with Gasteiger partial charge in [-0.05, 0) is 48.7 Å². The molecule has 2 nitrogen and oxygen atoms in total. The van der Waals surface area contributed by atoms with Gasteiger partial charge < -0.3 is 10.1 Å². The van der Waals surface area contributed by atoms with Crippen molar-refractivity contribution in [2.24, 2.45) is 0 Å². The summed E-state index contributed by atoms with van der Waals surface area (Å²) in [5.41, 5.74) is 0.785. The molecule has 0 unspecified atom stereocenters. The van der Waals surface area contributed by atoms with Gasteiger partial charge in [-0.3, -0.25) is 0 Å². The monoisotopic (exact) mass is 353 g/mol. The van der Waals surface area contributed by atoms with Crippen molar-refractivity contribution in [2.75, 3.05) is 0 Å². The molecular formula is C16H14BrF2NO. The van der Waals surface area contributed by atoms with Crippen LogP contribution < -0.4 is 10.1 Å². The van der Waals surface area contributed by atoms with E-state index in [-0.39, 0.29) is 5.75 Å². The highest BCUT2D eigenvalue weighted by atomic mass is 79.9. The van der Waals surface area contributed by atoms with Gasteiger partial charge in [0, 0.05) is 23.1 Å². The second kappa shape index (κ2) is 6.12. The van der Waals surface area contributed by atoms with Crippen LogP contribution in [-0.2, 0) is 6.54 Å². The topological polar surface area (TPSA) is 21.3 Å². The van der Waals surface area contributed by atoms with Crippen LogP contribution in [0.2, 0.25) is 0 Å². The molecule has 0 saturated heterocycles. The average Bonchev–Trinajstić information content (AvgIpc) is 3.24. The van der Waals surface area contributed by atoms with Crippen molar-refractivity contribution >= 4 is 15.9 Å². The van der Waals surface area contributed by atoms with E-state index in [1.807, 2.05) is 0 Å². The van der Waals surface area contributed by atoms with Gasteiger partial charge in [-0.2, -0.15) is 0 Å². The minimum Gasteiger partial charge on any atom is -0.454 e. The van der Waals surface area contributed by atoms with Gasteiger partial charge in [-0.15, -0.1) is 0 Å². The van der Waals surface area contributed by atoms with Crippen molar-refractivity contribution in [3.05, 3.63) is 58.1 Å². The third kappa shape index (κ3) is 4.02. The molecule has 0 bridgehead atoms. The number of nitrogens with one attached hydrogen (secondary N) is 1. The molecule has 0 spiro atoms. The minimum atomic E-state index is -0.486.